The Labute approximate surface area is 110 Å². The Morgan fingerprint density at radius 3 is 2.72 bits per heavy atom. The molecular weight excluding hydrogens is 228 g/mol. The summed E-state index contributed by atoms with van der Waals surface area (Å²) in [7, 11) is 0. The standard InChI is InChI=1S/C14H26N2O2/c1-3-14(2)4-7-16(8-5-14)13(17)10-12-11-15-6-9-18-12/h12,15H,3-11H2,1-2H3. The van der Waals surface area contributed by atoms with Crippen molar-refractivity contribution in [2.75, 3.05) is 32.8 Å². The molecule has 1 unspecified atom stereocenters. The summed E-state index contributed by atoms with van der Waals surface area (Å²) in [6.45, 7) is 8.87. The smallest absolute Gasteiger partial charge is 0.225 e. The van der Waals surface area contributed by atoms with Crippen LogP contribution >= 0.6 is 0 Å². The highest BCUT2D eigenvalue weighted by atomic mass is 16.5. The molecule has 104 valence electrons. The average molecular weight is 254 g/mol. The fourth-order valence-electron chi connectivity index (χ4n) is 2.72. The van der Waals surface area contributed by atoms with Crippen molar-refractivity contribution in [3.8, 4) is 0 Å². The number of nitrogens with zero attached hydrogens (tertiary/aromatic N) is 1. The Hall–Kier alpha value is -0.610. The fraction of sp³-hybridized carbons (Fsp3) is 0.929. The van der Waals surface area contributed by atoms with Gasteiger partial charge in [0.15, 0.2) is 0 Å². The number of hydrogen-bond acceptors (Lipinski definition) is 3. The first-order valence-electron chi connectivity index (χ1n) is 7.23. The first kappa shape index (κ1) is 13.8. The third kappa shape index (κ3) is 3.45. The molecule has 1 amide bonds. The second-order valence-corrected chi connectivity index (χ2v) is 5.95. The molecule has 0 aromatic carbocycles. The van der Waals surface area contributed by atoms with E-state index in [9.17, 15) is 4.79 Å². The maximum absolute atomic E-state index is 12.2. The summed E-state index contributed by atoms with van der Waals surface area (Å²) in [6, 6.07) is 0. The van der Waals surface area contributed by atoms with E-state index in [1.165, 1.54) is 6.42 Å². The Morgan fingerprint density at radius 2 is 2.17 bits per heavy atom. The third-order valence-electron chi connectivity index (χ3n) is 4.58. The van der Waals surface area contributed by atoms with Gasteiger partial charge in [0.05, 0.1) is 19.1 Å². The second-order valence-electron chi connectivity index (χ2n) is 5.95. The highest BCUT2D eigenvalue weighted by Crippen LogP contribution is 2.34. The lowest BCUT2D eigenvalue weighted by molar-refractivity contribution is -0.136. The van der Waals surface area contributed by atoms with Gasteiger partial charge in [0.2, 0.25) is 5.91 Å². The van der Waals surface area contributed by atoms with E-state index in [4.69, 9.17) is 4.74 Å². The molecular formula is C14H26N2O2. The van der Waals surface area contributed by atoms with Crippen LogP contribution in [-0.4, -0.2) is 49.7 Å². The molecule has 0 aromatic rings. The molecule has 0 radical (unpaired) electrons. The van der Waals surface area contributed by atoms with Gasteiger partial charge in [0.1, 0.15) is 0 Å². The van der Waals surface area contributed by atoms with Crippen LogP contribution in [0.3, 0.4) is 0 Å². The summed E-state index contributed by atoms with van der Waals surface area (Å²) in [6.07, 6.45) is 4.10. The quantitative estimate of drug-likeness (QED) is 0.828. The SMILES string of the molecule is CCC1(C)CCN(C(=O)CC2CNCCO2)CC1. The van der Waals surface area contributed by atoms with Crippen molar-refractivity contribution in [1.82, 2.24) is 10.2 Å². The van der Waals surface area contributed by atoms with Crippen molar-refractivity contribution in [2.24, 2.45) is 5.41 Å². The van der Waals surface area contributed by atoms with Crippen LogP contribution < -0.4 is 5.32 Å². The van der Waals surface area contributed by atoms with Crippen LogP contribution in [0.25, 0.3) is 0 Å². The molecule has 1 atom stereocenters. The van der Waals surface area contributed by atoms with E-state index in [2.05, 4.69) is 19.2 Å². The molecule has 2 saturated heterocycles. The summed E-state index contributed by atoms with van der Waals surface area (Å²) in [5, 5.41) is 3.27. The van der Waals surface area contributed by atoms with Crippen molar-refractivity contribution < 1.29 is 9.53 Å². The molecule has 4 heteroatoms. The van der Waals surface area contributed by atoms with Crippen LogP contribution in [0.2, 0.25) is 0 Å². The fourth-order valence-corrected chi connectivity index (χ4v) is 2.72. The second kappa shape index (κ2) is 6.02. The summed E-state index contributed by atoms with van der Waals surface area (Å²) >= 11 is 0. The Balaban J connectivity index is 1.76. The maximum Gasteiger partial charge on any atom is 0.225 e. The van der Waals surface area contributed by atoms with E-state index in [0.29, 0.717) is 11.8 Å². The molecule has 0 bridgehead atoms. The van der Waals surface area contributed by atoms with Crippen LogP contribution in [-0.2, 0) is 9.53 Å². The Kier molecular flexibility index (Phi) is 4.62. The van der Waals surface area contributed by atoms with Gasteiger partial charge in [-0.2, -0.15) is 0 Å². The molecule has 0 spiro atoms. The van der Waals surface area contributed by atoms with E-state index in [1.54, 1.807) is 0 Å². The van der Waals surface area contributed by atoms with E-state index in [-0.39, 0.29) is 12.0 Å². The van der Waals surface area contributed by atoms with Crippen LogP contribution in [0, 0.1) is 5.41 Å². The Morgan fingerprint density at radius 1 is 1.44 bits per heavy atom. The topological polar surface area (TPSA) is 41.6 Å². The minimum Gasteiger partial charge on any atom is -0.375 e. The van der Waals surface area contributed by atoms with Gasteiger partial charge >= 0.3 is 0 Å². The number of morpholine rings is 1. The zero-order valence-corrected chi connectivity index (χ0v) is 11.7. The minimum atomic E-state index is 0.0748. The van der Waals surface area contributed by atoms with Crippen LogP contribution in [0.15, 0.2) is 0 Å². The van der Waals surface area contributed by atoms with Crippen molar-refractivity contribution in [3.05, 3.63) is 0 Å². The van der Waals surface area contributed by atoms with Gasteiger partial charge in [0, 0.05) is 26.2 Å². The molecule has 18 heavy (non-hydrogen) atoms. The summed E-state index contributed by atoms with van der Waals surface area (Å²) in [4.78, 5) is 14.2. The predicted octanol–water partition coefficient (Wildman–Crippen LogP) is 1.40. The number of rotatable bonds is 3. The van der Waals surface area contributed by atoms with E-state index < -0.39 is 0 Å². The van der Waals surface area contributed by atoms with Gasteiger partial charge < -0.3 is 15.0 Å². The summed E-state index contributed by atoms with van der Waals surface area (Å²) in [5.41, 5.74) is 0.444. The lowest BCUT2D eigenvalue weighted by atomic mass is 9.78. The highest BCUT2D eigenvalue weighted by molar-refractivity contribution is 5.76. The molecule has 0 aliphatic carbocycles. The third-order valence-corrected chi connectivity index (χ3v) is 4.58. The zero-order valence-electron chi connectivity index (χ0n) is 11.7. The van der Waals surface area contributed by atoms with Crippen molar-refractivity contribution in [1.29, 1.82) is 0 Å². The molecule has 2 fully saturated rings. The number of carbonyl (C=O) groups excluding carboxylic acids is 1. The number of ether oxygens (including phenoxy) is 1. The number of nitrogens with one attached hydrogen (secondary N) is 1. The van der Waals surface area contributed by atoms with E-state index in [0.717, 1.165) is 45.6 Å². The van der Waals surface area contributed by atoms with E-state index in [1.807, 2.05) is 4.90 Å². The Bertz CT molecular complexity index is 280. The minimum absolute atomic E-state index is 0.0748. The maximum atomic E-state index is 12.2. The normalized spacial score (nSPS) is 28.1. The number of amides is 1. The molecule has 4 nitrogen and oxygen atoms in total. The van der Waals surface area contributed by atoms with E-state index >= 15 is 0 Å². The molecule has 2 aliphatic heterocycles. The first-order chi connectivity index (χ1) is 8.63. The van der Waals surface area contributed by atoms with Crippen molar-refractivity contribution in [2.45, 2.75) is 45.6 Å². The molecule has 1 N–H and O–H groups in total. The number of piperidine rings is 1. The van der Waals surface area contributed by atoms with Gasteiger partial charge in [-0.3, -0.25) is 4.79 Å². The van der Waals surface area contributed by atoms with Gasteiger partial charge in [-0.25, -0.2) is 0 Å². The largest absolute Gasteiger partial charge is 0.375 e. The monoisotopic (exact) mass is 254 g/mol. The molecule has 0 aromatic heterocycles. The van der Waals surface area contributed by atoms with Crippen molar-refractivity contribution >= 4 is 5.91 Å². The number of likely N-dealkylation sites (tertiary alicyclic amines) is 1. The lowest BCUT2D eigenvalue weighted by Crippen LogP contribution is -2.45. The molecule has 2 rings (SSSR count). The molecule has 2 heterocycles. The zero-order chi connectivity index (χ0) is 13.0. The van der Waals surface area contributed by atoms with Gasteiger partial charge in [0.25, 0.3) is 0 Å². The van der Waals surface area contributed by atoms with Crippen LogP contribution in [0.4, 0.5) is 0 Å². The molecule has 2 aliphatic rings. The van der Waals surface area contributed by atoms with Crippen LogP contribution in [0.1, 0.15) is 39.5 Å². The highest BCUT2D eigenvalue weighted by Gasteiger charge is 2.31. The molecule has 0 saturated carbocycles. The lowest BCUT2D eigenvalue weighted by Gasteiger charge is -2.39. The van der Waals surface area contributed by atoms with Crippen molar-refractivity contribution in [3.63, 3.8) is 0 Å². The first-order valence-corrected chi connectivity index (χ1v) is 7.23. The number of hydrogen-bond donors (Lipinski definition) is 1. The average Bonchev–Trinajstić information content (AvgIpc) is 2.40. The van der Waals surface area contributed by atoms with Gasteiger partial charge in [-0.1, -0.05) is 20.3 Å². The van der Waals surface area contributed by atoms with Crippen LogP contribution in [0.5, 0.6) is 0 Å². The number of carbonyl (C=O) groups is 1. The summed E-state index contributed by atoms with van der Waals surface area (Å²) < 4.78 is 5.59. The van der Waals surface area contributed by atoms with Gasteiger partial charge in [-0.15, -0.1) is 0 Å². The van der Waals surface area contributed by atoms with Gasteiger partial charge in [-0.05, 0) is 18.3 Å². The summed E-state index contributed by atoms with van der Waals surface area (Å²) in [5.74, 6) is 0.266. The predicted molar refractivity (Wildman–Crippen MR) is 71.4 cm³/mol.